The highest BCUT2D eigenvalue weighted by Crippen LogP contribution is 2.20. The predicted molar refractivity (Wildman–Crippen MR) is 90.9 cm³/mol. The Morgan fingerprint density at radius 1 is 1.20 bits per heavy atom. The van der Waals surface area contributed by atoms with E-state index in [0.717, 1.165) is 4.68 Å². The molecule has 0 aliphatic carbocycles. The normalized spacial score (nSPS) is 11.3. The van der Waals surface area contributed by atoms with Crippen LogP contribution >= 0.6 is 11.6 Å². The van der Waals surface area contributed by atoms with Gasteiger partial charge in [-0.15, -0.1) is 0 Å². The number of halogens is 1. The molecule has 0 fully saturated rings. The fourth-order valence-corrected chi connectivity index (χ4v) is 3.38. The Morgan fingerprint density at radius 3 is 2.52 bits per heavy atom. The van der Waals surface area contributed by atoms with Crippen LogP contribution in [0.4, 0.5) is 5.69 Å². The van der Waals surface area contributed by atoms with E-state index >= 15 is 0 Å². The number of benzene rings is 2. The SMILES string of the molecule is COc1nn(-c2ccc(NS(=O)(=O)c3cccc(Cl)c3)cc2)c(=O)o1. The van der Waals surface area contributed by atoms with Gasteiger partial charge in [-0.2, -0.15) is 4.68 Å². The van der Waals surface area contributed by atoms with Gasteiger partial charge in [-0.1, -0.05) is 22.8 Å². The molecule has 3 rings (SSSR count). The molecule has 0 amide bonds. The van der Waals surface area contributed by atoms with Gasteiger partial charge in [0.25, 0.3) is 10.0 Å². The summed E-state index contributed by atoms with van der Waals surface area (Å²) in [5.41, 5.74) is 0.704. The smallest absolute Gasteiger partial charge is 0.444 e. The lowest BCUT2D eigenvalue weighted by Gasteiger charge is -2.09. The number of methoxy groups -OCH3 is 1. The molecule has 1 N–H and O–H groups in total. The van der Waals surface area contributed by atoms with Gasteiger partial charge in [0.15, 0.2) is 0 Å². The lowest BCUT2D eigenvalue weighted by molar-refractivity contribution is 0.282. The van der Waals surface area contributed by atoms with Gasteiger partial charge >= 0.3 is 11.8 Å². The molecule has 1 heterocycles. The molecular weight excluding hydrogens is 370 g/mol. The van der Waals surface area contributed by atoms with Crippen LogP contribution in [0.25, 0.3) is 5.69 Å². The van der Waals surface area contributed by atoms with Gasteiger partial charge in [0.2, 0.25) is 0 Å². The number of aromatic nitrogens is 2. The van der Waals surface area contributed by atoms with E-state index in [1.54, 1.807) is 12.1 Å². The Kier molecular flexibility index (Phi) is 4.51. The number of hydrogen-bond donors (Lipinski definition) is 1. The number of sulfonamides is 1. The maximum atomic E-state index is 12.3. The first-order valence-electron chi connectivity index (χ1n) is 6.92. The topological polar surface area (TPSA) is 103 Å². The van der Waals surface area contributed by atoms with E-state index in [0.29, 0.717) is 16.4 Å². The van der Waals surface area contributed by atoms with Crippen molar-refractivity contribution in [2.75, 3.05) is 11.8 Å². The van der Waals surface area contributed by atoms with Crippen LogP contribution in [0.3, 0.4) is 0 Å². The van der Waals surface area contributed by atoms with E-state index < -0.39 is 15.8 Å². The predicted octanol–water partition coefficient (Wildman–Crippen LogP) is 2.29. The van der Waals surface area contributed by atoms with Gasteiger partial charge in [0, 0.05) is 10.7 Å². The minimum absolute atomic E-state index is 0.0431. The highest BCUT2D eigenvalue weighted by molar-refractivity contribution is 7.92. The standard InChI is InChI=1S/C15H12ClN3O5S/c1-23-14-17-19(15(20)24-14)12-7-5-11(6-8-12)18-25(21,22)13-4-2-3-10(16)9-13/h2-9,18H,1H3. The van der Waals surface area contributed by atoms with Crippen LogP contribution in [0.2, 0.25) is 5.02 Å². The molecule has 1 aromatic heterocycles. The van der Waals surface area contributed by atoms with Crippen LogP contribution in [0, 0.1) is 0 Å². The molecule has 0 aliphatic heterocycles. The molecule has 0 saturated carbocycles. The number of nitrogens with zero attached hydrogens (tertiary/aromatic N) is 2. The van der Waals surface area contributed by atoms with Crippen molar-refractivity contribution >= 4 is 27.3 Å². The summed E-state index contributed by atoms with van der Waals surface area (Å²) < 4.78 is 37.6. The fraction of sp³-hybridized carbons (Fsp3) is 0.0667. The average Bonchev–Trinajstić information content (AvgIpc) is 2.96. The zero-order valence-corrected chi connectivity index (χ0v) is 14.4. The lowest BCUT2D eigenvalue weighted by Crippen LogP contribution is -2.14. The van der Waals surface area contributed by atoms with Crippen molar-refractivity contribution in [2.24, 2.45) is 0 Å². The average molecular weight is 382 g/mol. The van der Waals surface area contributed by atoms with Crippen LogP contribution in [0.5, 0.6) is 6.08 Å². The van der Waals surface area contributed by atoms with Gasteiger partial charge in [-0.05, 0) is 42.5 Å². The number of hydrogen-bond acceptors (Lipinski definition) is 6. The second kappa shape index (κ2) is 6.61. The van der Waals surface area contributed by atoms with Crippen LogP contribution in [0.15, 0.2) is 62.6 Å². The van der Waals surface area contributed by atoms with Crippen molar-refractivity contribution in [3.8, 4) is 11.8 Å². The first-order chi connectivity index (χ1) is 11.9. The zero-order valence-electron chi connectivity index (χ0n) is 12.8. The van der Waals surface area contributed by atoms with Crippen molar-refractivity contribution < 1.29 is 17.6 Å². The minimum atomic E-state index is -3.78. The van der Waals surface area contributed by atoms with Crippen molar-refractivity contribution in [2.45, 2.75) is 4.90 Å². The number of nitrogens with one attached hydrogen (secondary N) is 1. The van der Waals surface area contributed by atoms with Crippen LogP contribution in [-0.2, 0) is 10.0 Å². The van der Waals surface area contributed by atoms with Gasteiger partial charge < -0.3 is 9.15 Å². The largest absolute Gasteiger partial charge is 0.452 e. The summed E-state index contributed by atoms with van der Waals surface area (Å²) in [5, 5.41) is 4.14. The molecule has 0 radical (unpaired) electrons. The van der Waals surface area contributed by atoms with Crippen LogP contribution < -0.4 is 15.2 Å². The van der Waals surface area contributed by atoms with E-state index in [2.05, 4.69) is 9.82 Å². The third-order valence-corrected chi connectivity index (χ3v) is 4.79. The number of rotatable bonds is 5. The van der Waals surface area contributed by atoms with Crippen molar-refractivity contribution in [3.05, 3.63) is 64.1 Å². The molecular formula is C15H12ClN3O5S. The summed E-state index contributed by atoms with van der Waals surface area (Å²) in [6.45, 7) is 0. The summed E-state index contributed by atoms with van der Waals surface area (Å²) in [6.07, 6.45) is -0.171. The molecule has 0 saturated heterocycles. The Morgan fingerprint density at radius 2 is 1.92 bits per heavy atom. The van der Waals surface area contributed by atoms with E-state index in [9.17, 15) is 13.2 Å². The maximum Gasteiger partial charge on any atom is 0.444 e. The highest BCUT2D eigenvalue weighted by atomic mass is 35.5. The summed E-state index contributed by atoms with van der Waals surface area (Å²) in [4.78, 5) is 11.7. The Balaban J connectivity index is 1.85. The second-order valence-corrected chi connectivity index (χ2v) is 6.98. The van der Waals surface area contributed by atoms with Crippen molar-refractivity contribution in [1.82, 2.24) is 9.78 Å². The molecule has 8 nitrogen and oxygen atoms in total. The lowest BCUT2D eigenvalue weighted by atomic mass is 10.3. The van der Waals surface area contributed by atoms with Gasteiger partial charge in [0.1, 0.15) is 0 Å². The van der Waals surface area contributed by atoms with Crippen LogP contribution in [-0.4, -0.2) is 25.3 Å². The maximum absolute atomic E-state index is 12.3. The van der Waals surface area contributed by atoms with Crippen molar-refractivity contribution in [1.29, 1.82) is 0 Å². The summed E-state index contributed by atoms with van der Waals surface area (Å²) in [7, 11) is -2.46. The molecule has 10 heteroatoms. The molecule has 0 spiro atoms. The van der Waals surface area contributed by atoms with Gasteiger partial charge in [-0.3, -0.25) is 4.72 Å². The molecule has 0 bridgehead atoms. The molecule has 3 aromatic rings. The quantitative estimate of drug-likeness (QED) is 0.727. The first-order valence-corrected chi connectivity index (χ1v) is 8.78. The summed E-state index contributed by atoms with van der Waals surface area (Å²) >= 11 is 5.82. The number of anilines is 1. The zero-order chi connectivity index (χ0) is 18.0. The minimum Gasteiger partial charge on any atom is -0.452 e. The van der Waals surface area contributed by atoms with Gasteiger partial charge in [0.05, 0.1) is 17.7 Å². The third-order valence-electron chi connectivity index (χ3n) is 3.17. The molecule has 0 unspecified atom stereocenters. The van der Waals surface area contributed by atoms with E-state index in [1.165, 1.54) is 43.5 Å². The monoisotopic (exact) mass is 381 g/mol. The Labute approximate surface area is 147 Å². The van der Waals surface area contributed by atoms with E-state index in [-0.39, 0.29) is 11.0 Å². The molecule has 130 valence electrons. The summed E-state index contributed by atoms with van der Waals surface area (Å²) in [6, 6.07) is 11.9. The molecule has 0 aliphatic rings. The Bertz CT molecular complexity index is 1060. The first kappa shape index (κ1) is 17.1. The third kappa shape index (κ3) is 3.67. The van der Waals surface area contributed by atoms with Gasteiger partial charge in [-0.25, -0.2) is 13.2 Å². The van der Waals surface area contributed by atoms with Crippen molar-refractivity contribution in [3.63, 3.8) is 0 Å². The van der Waals surface area contributed by atoms with E-state index in [4.69, 9.17) is 20.8 Å². The molecule has 0 atom stereocenters. The molecule has 25 heavy (non-hydrogen) atoms. The second-order valence-electron chi connectivity index (χ2n) is 4.86. The van der Waals surface area contributed by atoms with Crippen LogP contribution in [0.1, 0.15) is 0 Å². The highest BCUT2D eigenvalue weighted by Gasteiger charge is 2.15. The van der Waals surface area contributed by atoms with E-state index in [1.807, 2.05) is 0 Å². The number of ether oxygens (including phenoxy) is 1. The summed E-state index contributed by atoms with van der Waals surface area (Å²) in [5.74, 6) is -0.718. The molecule has 2 aromatic carbocycles. The fourth-order valence-electron chi connectivity index (χ4n) is 2.03. The Hall–Kier alpha value is -2.78.